The lowest BCUT2D eigenvalue weighted by molar-refractivity contribution is -0.126. The summed E-state index contributed by atoms with van der Waals surface area (Å²) >= 11 is 0. The van der Waals surface area contributed by atoms with Crippen molar-refractivity contribution in [1.29, 1.82) is 0 Å². The number of hydrogen-bond donors (Lipinski definition) is 4. The minimum atomic E-state index is -0.419. The summed E-state index contributed by atoms with van der Waals surface area (Å²) in [4.78, 5) is 44.7. The van der Waals surface area contributed by atoms with Crippen molar-refractivity contribution in [2.24, 2.45) is 5.92 Å². The van der Waals surface area contributed by atoms with Gasteiger partial charge in [0.05, 0.1) is 19.6 Å². The molecule has 0 spiro atoms. The summed E-state index contributed by atoms with van der Waals surface area (Å²) in [5, 5.41) is 10.7. The van der Waals surface area contributed by atoms with Gasteiger partial charge in [0.2, 0.25) is 17.7 Å². The standard InChI is InChI=1S/C17H30N4O4/c1-2-13-3-5-14(6-4-13)21-15(23)7-8-18-11-16(24)20-12-17(25)19-9-10-22/h10,13-14,18H,2-9,11-12H2,1H3,(H,19,25)(H,20,24)(H,21,23). The molecule has 8 nitrogen and oxygen atoms in total. The lowest BCUT2D eigenvalue weighted by atomic mass is 9.84. The van der Waals surface area contributed by atoms with Crippen LogP contribution < -0.4 is 21.3 Å². The summed E-state index contributed by atoms with van der Waals surface area (Å²) < 4.78 is 0. The molecule has 0 bridgehead atoms. The molecule has 0 aromatic heterocycles. The zero-order valence-electron chi connectivity index (χ0n) is 14.9. The fourth-order valence-electron chi connectivity index (χ4n) is 2.88. The topological polar surface area (TPSA) is 116 Å². The van der Waals surface area contributed by atoms with Gasteiger partial charge < -0.3 is 26.1 Å². The van der Waals surface area contributed by atoms with E-state index in [4.69, 9.17) is 0 Å². The molecule has 142 valence electrons. The van der Waals surface area contributed by atoms with Crippen molar-refractivity contribution < 1.29 is 19.2 Å². The molecule has 0 heterocycles. The number of rotatable bonds is 11. The molecule has 25 heavy (non-hydrogen) atoms. The van der Waals surface area contributed by atoms with Crippen LogP contribution in [-0.4, -0.2) is 56.2 Å². The van der Waals surface area contributed by atoms with Gasteiger partial charge in [-0.3, -0.25) is 14.4 Å². The van der Waals surface area contributed by atoms with Crippen LogP contribution in [0.2, 0.25) is 0 Å². The lowest BCUT2D eigenvalue weighted by Crippen LogP contribution is -2.42. The Morgan fingerprint density at radius 1 is 0.960 bits per heavy atom. The van der Waals surface area contributed by atoms with Crippen molar-refractivity contribution in [3.05, 3.63) is 0 Å². The summed E-state index contributed by atoms with van der Waals surface area (Å²) in [6.45, 7) is 2.41. The second kappa shape index (κ2) is 12.4. The molecule has 0 saturated heterocycles. The van der Waals surface area contributed by atoms with Gasteiger partial charge >= 0.3 is 0 Å². The van der Waals surface area contributed by atoms with Crippen molar-refractivity contribution in [3.8, 4) is 0 Å². The number of aldehydes is 1. The first-order valence-corrected chi connectivity index (χ1v) is 9.02. The normalized spacial score (nSPS) is 19.7. The number of amides is 3. The fourth-order valence-corrected chi connectivity index (χ4v) is 2.88. The molecular weight excluding hydrogens is 324 g/mol. The third-order valence-electron chi connectivity index (χ3n) is 4.43. The van der Waals surface area contributed by atoms with Gasteiger partial charge in [-0.05, 0) is 31.6 Å². The molecule has 8 heteroatoms. The second-order valence-corrected chi connectivity index (χ2v) is 6.37. The van der Waals surface area contributed by atoms with Crippen molar-refractivity contribution in [2.45, 2.75) is 51.5 Å². The first kappa shape index (κ1) is 21.1. The van der Waals surface area contributed by atoms with Gasteiger partial charge in [-0.15, -0.1) is 0 Å². The zero-order valence-corrected chi connectivity index (χ0v) is 14.9. The van der Waals surface area contributed by atoms with E-state index in [0.717, 1.165) is 18.8 Å². The van der Waals surface area contributed by atoms with Crippen molar-refractivity contribution >= 4 is 24.0 Å². The maximum Gasteiger partial charge on any atom is 0.239 e. The first-order valence-electron chi connectivity index (χ1n) is 9.02. The average molecular weight is 354 g/mol. The molecule has 0 aliphatic heterocycles. The van der Waals surface area contributed by atoms with Crippen LogP contribution in [0.15, 0.2) is 0 Å². The second-order valence-electron chi connectivity index (χ2n) is 6.37. The minimum Gasteiger partial charge on any atom is -0.353 e. The van der Waals surface area contributed by atoms with Gasteiger partial charge in [-0.1, -0.05) is 13.3 Å². The van der Waals surface area contributed by atoms with E-state index < -0.39 is 5.91 Å². The molecule has 1 fully saturated rings. The molecule has 1 rings (SSSR count). The van der Waals surface area contributed by atoms with E-state index in [1.165, 1.54) is 19.3 Å². The Kier molecular flexibility index (Phi) is 10.5. The summed E-state index contributed by atoms with van der Waals surface area (Å²) in [6.07, 6.45) is 6.56. The smallest absolute Gasteiger partial charge is 0.239 e. The molecule has 1 aliphatic carbocycles. The highest BCUT2D eigenvalue weighted by Crippen LogP contribution is 2.26. The summed E-state index contributed by atoms with van der Waals surface area (Å²) in [5.41, 5.74) is 0. The predicted molar refractivity (Wildman–Crippen MR) is 93.7 cm³/mol. The van der Waals surface area contributed by atoms with Crippen LogP contribution in [0, 0.1) is 5.92 Å². The Hall–Kier alpha value is -1.96. The van der Waals surface area contributed by atoms with Crippen LogP contribution in [0.3, 0.4) is 0 Å². The van der Waals surface area contributed by atoms with Crippen LogP contribution in [0.5, 0.6) is 0 Å². The lowest BCUT2D eigenvalue weighted by Gasteiger charge is -2.28. The van der Waals surface area contributed by atoms with Gasteiger partial charge in [0.25, 0.3) is 0 Å². The third kappa shape index (κ3) is 9.81. The monoisotopic (exact) mass is 354 g/mol. The van der Waals surface area contributed by atoms with Crippen LogP contribution in [0.1, 0.15) is 45.4 Å². The molecular formula is C17H30N4O4. The van der Waals surface area contributed by atoms with E-state index in [1.54, 1.807) is 0 Å². The van der Waals surface area contributed by atoms with E-state index in [1.807, 2.05) is 0 Å². The van der Waals surface area contributed by atoms with E-state index in [9.17, 15) is 19.2 Å². The number of carbonyl (C=O) groups excluding carboxylic acids is 4. The quantitative estimate of drug-likeness (QED) is 0.294. The molecule has 1 saturated carbocycles. The molecule has 0 aromatic rings. The molecule has 4 N–H and O–H groups in total. The Morgan fingerprint density at radius 2 is 1.64 bits per heavy atom. The van der Waals surface area contributed by atoms with Crippen molar-refractivity contribution in [2.75, 3.05) is 26.2 Å². The average Bonchev–Trinajstić information content (AvgIpc) is 2.62. The van der Waals surface area contributed by atoms with Gasteiger partial charge in [0, 0.05) is 19.0 Å². The Morgan fingerprint density at radius 3 is 2.28 bits per heavy atom. The Bertz CT molecular complexity index is 448. The van der Waals surface area contributed by atoms with Crippen molar-refractivity contribution in [1.82, 2.24) is 21.3 Å². The van der Waals surface area contributed by atoms with E-state index >= 15 is 0 Å². The van der Waals surface area contributed by atoms with Crippen LogP contribution >= 0.6 is 0 Å². The third-order valence-corrected chi connectivity index (χ3v) is 4.43. The number of carbonyl (C=O) groups is 4. The Labute approximate surface area is 148 Å². The van der Waals surface area contributed by atoms with Crippen LogP contribution in [0.25, 0.3) is 0 Å². The van der Waals surface area contributed by atoms with E-state index in [-0.39, 0.29) is 37.5 Å². The molecule has 0 radical (unpaired) electrons. The highest BCUT2D eigenvalue weighted by atomic mass is 16.2. The van der Waals surface area contributed by atoms with E-state index in [2.05, 4.69) is 28.2 Å². The minimum absolute atomic E-state index is 0.00102. The fraction of sp³-hybridized carbons (Fsp3) is 0.765. The maximum absolute atomic E-state index is 11.9. The van der Waals surface area contributed by atoms with Crippen LogP contribution in [-0.2, 0) is 19.2 Å². The summed E-state index contributed by atoms with van der Waals surface area (Å²) in [6, 6.07) is 0.281. The molecule has 1 aliphatic rings. The summed E-state index contributed by atoms with van der Waals surface area (Å²) in [7, 11) is 0. The van der Waals surface area contributed by atoms with Gasteiger partial charge in [-0.2, -0.15) is 0 Å². The first-order chi connectivity index (χ1) is 12.0. The number of nitrogens with one attached hydrogen (secondary N) is 4. The number of hydrogen-bond acceptors (Lipinski definition) is 5. The maximum atomic E-state index is 11.9. The van der Waals surface area contributed by atoms with Crippen molar-refractivity contribution in [3.63, 3.8) is 0 Å². The van der Waals surface area contributed by atoms with Crippen LogP contribution in [0.4, 0.5) is 0 Å². The van der Waals surface area contributed by atoms with E-state index in [0.29, 0.717) is 19.3 Å². The zero-order chi connectivity index (χ0) is 18.5. The highest BCUT2D eigenvalue weighted by Gasteiger charge is 2.20. The Balaban J connectivity index is 2.03. The molecule has 0 aromatic carbocycles. The molecule has 0 unspecified atom stereocenters. The summed E-state index contributed by atoms with van der Waals surface area (Å²) in [5.74, 6) is 0.0483. The predicted octanol–water partition coefficient (Wildman–Crippen LogP) is -0.518. The SMILES string of the molecule is CCC1CCC(NC(=O)CCNCC(=O)NCC(=O)NCC=O)CC1. The molecule has 3 amide bonds. The largest absolute Gasteiger partial charge is 0.353 e. The molecule has 0 atom stereocenters. The van der Waals surface area contributed by atoms with Gasteiger partial charge in [0.15, 0.2) is 0 Å². The highest BCUT2D eigenvalue weighted by molar-refractivity contribution is 5.86. The van der Waals surface area contributed by atoms with Gasteiger partial charge in [-0.25, -0.2) is 0 Å². The van der Waals surface area contributed by atoms with Gasteiger partial charge in [0.1, 0.15) is 6.29 Å².